The first-order valence-electron chi connectivity index (χ1n) is 7.11. The number of esters is 1. The second-order valence-electron chi connectivity index (χ2n) is 4.60. The van der Waals surface area contributed by atoms with Crippen LogP contribution in [-0.2, 0) is 16.1 Å². The number of carbonyl (C=O) groups excluding carboxylic acids is 1. The van der Waals surface area contributed by atoms with Gasteiger partial charge in [0.2, 0.25) is 0 Å². The highest BCUT2D eigenvalue weighted by molar-refractivity contribution is 5.93. The first-order chi connectivity index (χ1) is 10.7. The van der Waals surface area contributed by atoms with Gasteiger partial charge in [-0.15, -0.1) is 5.10 Å². The molecule has 0 radical (unpaired) electrons. The van der Waals surface area contributed by atoms with E-state index in [0.29, 0.717) is 17.7 Å². The predicted molar refractivity (Wildman–Crippen MR) is 77.7 cm³/mol. The lowest BCUT2D eigenvalue weighted by Crippen LogP contribution is -2.07. The minimum Gasteiger partial charge on any atom is -0.461 e. The molecule has 1 aromatic carbocycles. The number of carbonyl (C=O) groups is 1. The van der Waals surface area contributed by atoms with Crippen LogP contribution >= 0.6 is 0 Å². The molecular weight excluding hydrogens is 289 g/mol. The number of nitrogens with one attached hydrogen (secondary N) is 1. The number of H-pyrrole nitrogens is 1. The van der Waals surface area contributed by atoms with Gasteiger partial charge in [0.05, 0.1) is 13.2 Å². The lowest BCUT2D eigenvalue weighted by atomic mass is 10.1. The van der Waals surface area contributed by atoms with Gasteiger partial charge in [0.1, 0.15) is 11.5 Å². The van der Waals surface area contributed by atoms with Crippen LogP contribution in [0, 0.1) is 5.82 Å². The van der Waals surface area contributed by atoms with E-state index in [4.69, 9.17) is 9.47 Å². The largest absolute Gasteiger partial charge is 0.461 e. The van der Waals surface area contributed by atoms with Crippen LogP contribution in [0.15, 0.2) is 18.2 Å². The topological polar surface area (TPSA) is 77.1 Å². The molecule has 0 unspecified atom stereocenters. The summed E-state index contributed by atoms with van der Waals surface area (Å²) in [6, 6.07) is 4.60. The molecule has 22 heavy (non-hydrogen) atoms. The maximum atomic E-state index is 14.1. The van der Waals surface area contributed by atoms with E-state index in [1.165, 1.54) is 6.07 Å². The fraction of sp³-hybridized carbons (Fsp3) is 0.400. The van der Waals surface area contributed by atoms with Crippen molar-refractivity contribution in [3.8, 4) is 11.3 Å². The Morgan fingerprint density at radius 3 is 2.82 bits per heavy atom. The SMILES string of the molecule is CCCOCc1ccc(-c2n[nH]nc2C(=O)OCC)cc1F. The van der Waals surface area contributed by atoms with Crippen LogP contribution in [0.25, 0.3) is 11.3 Å². The number of aromatic amines is 1. The first-order valence-corrected chi connectivity index (χ1v) is 7.11. The number of halogens is 1. The molecule has 0 atom stereocenters. The highest BCUT2D eigenvalue weighted by Gasteiger charge is 2.19. The molecule has 0 aliphatic rings. The quantitative estimate of drug-likeness (QED) is 0.628. The van der Waals surface area contributed by atoms with Crippen LogP contribution in [-0.4, -0.2) is 34.6 Å². The number of aromatic nitrogens is 3. The summed E-state index contributed by atoms with van der Waals surface area (Å²) >= 11 is 0. The van der Waals surface area contributed by atoms with Crippen molar-refractivity contribution in [2.75, 3.05) is 13.2 Å². The molecule has 7 heteroatoms. The zero-order valence-electron chi connectivity index (χ0n) is 12.6. The van der Waals surface area contributed by atoms with E-state index < -0.39 is 11.8 Å². The van der Waals surface area contributed by atoms with Crippen LogP contribution in [0.3, 0.4) is 0 Å². The molecule has 2 rings (SSSR count). The van der Waals surface area contributed by atoms with Gasteiger partial charge >= 0.3 is 5.97 Å². The predicted octanol–water partition coefficient (Wildman–Crippen LogP) is 2.71. The third-order valence-electron chi connectivity index (χ3n) is 2.95. The van der Waals surface area contributed by atoms with Gasteiger partial charge < -0.3 is 9.47 Å². The smallest absolute Gasteiger partial charge is 0.361 e. The average molecular weight is 307 g/mol. The van der Waals surface area contributed by atoms with Crippen LogP contribution in [0.1, 0.15) is 36.3 Å². The summed E-state index contributed by atoms with van der Waals surface area (Å²) < 4.78 is 24.3. The fourth-order valence-electron chi connectivity index (χ4n) is 1.91. The minimum absolute atomic E-state index is 0.0382. The van der Waals surface area contributed by atoms with Crippen molar-refractivity contribution in [1.82, 2.24) is 15.4 Å². The van der Waals surface area contributed by atoms with Crippen molar-refractivity contribution in [2.24, 2.45) is 0 Å². The molecule has 118 valence electrons. The third-order valence-corrected chi connectivity index (χ3v) is 2.95. The summed E-state index contributed by atoms with van der Waals surface area (Å²) in [7, 11) is 0. The van der Waals surface area contributed by atoms with E-state index in [1.807, 2.05) is 6.92 Å². The summed E-state index contributed by atoms with van der Waals surface area (Å²) in [4.78, 5) is 11.8. The third kappa shape index (κ3) is 3.67. The van der Waals surface area contributed by atoms with Gasteiger partial charge in [0.15, 0.2) is 5.69 Å². The number of hydrogen-bond acceptors (Lipinski definition) is 5. The van der Waals surface area contributed by atoms with E-state index in [9.17, 15) is 9.18 Å². The van der Waals surface area contributed by atoms with Gasteiger partial charge in [0, 0.05) is 17.7 Å². The van der Waals surface area contributed by atoms with Gasteiger partial charge in [0.25, 0.3) is 0 Å². The first kappa shape index (κ1) is 16.1. The maximum absolute atomic E-state index is 14.1. The van der Waals surface area contributed by atoms with E-state index in [-0.39, 0.29) is 24.6 Å². The molecule has 0 bridgehead atoms. The van der Waals surface area contributed by atoms with E-state index in [1.54, 1.807) is 19.1 Å². The summed E-state index contributed by atoms with van der Waals surface area (Å²) in [6.45, 7) is 4.71. The lowest BCUT2D eigenvalue weighted by molar-refractivity contribution is 0.0520. The Balaban J connectivity index is 2.22. The minimum atomic E-state index is -0.595. The van der Waals surface area contributed by atoms with Crippen LogP contribution in [0.5, 0.6) is 0 Å². The molecular formula is C15H18FN3O3. The van der Waals surface area contributed by atoms with Gasteiger partial charge in [-0.05, 0) is 19.4 Å². The number of hydrogen-bond donors (Lipinski definition) is 1. The van der Waals surface area contributed by atoms with Crippen molar-refractivity contribution >= 4 is 5.97 Å². The molecule has 1 N–H and O–H groups in total. The second kappa shape index (κ2) is 7.65. The molecule has 0 spiro atoms. The van der Waals surface area contributed by atoms with Gasteiger partial charge in [-0.3, -0.25) is 0 Å². The van der Waals surface area contributed by atoms with E-state index in [2.05, 4.69) is 15.4 Å². The molecule has 1 aromatic heterocycles. The van der Waals surface area contributed by atoms with Gasteiger partial charge in [-0.1, -0.05) is 19.1 Å². The number of benzene rings is 1. The summed E-state index contributed by atoms with van der Waals surface area (Å²) in [5.41, 5.74) is 1.21. The van der Waals surface area contributed by atoms with E-state index >= 15 is 0 Å². The molecule has 0 saturated carbocycles. The van der Waals surface area contributed by atoms with Crippen molar-refractivity contribution in [3.63, 3.8) is 0 Å². The zero-order chi connectivity index (χ0) is 15.9. The Kier molecular flexibility index (Phi) is 5.60. The van der Waals surface area contributed by atoms with Gasteiger partial charge in [-0.2, -0.15) is 10.3 Å². The highest BCUT2D eigenvalue weighted by Crippen LogP contribution is 2.23. The summed E-state index contributed by atoms with van der Waals surface area (Å²) in [5, 5.41) is 10.0. The Labute approximate surface area is 127 Å². The Morgan fingerprint density at radius 2 is 2.14 bits per heavy atom. The fourth-order valence-corrected chi connectivity index (χ4v) is 1.91. The van der Waals surface area contributed by atoms with Crippen LogP contribution in [0.4, 0.5) is 4.39 Å². The summed E-state index contributed by atoms with van der Waals surface area (Å²) in [6.07, 6.45) is 0.877. The van der Waals surface area contributed by atoms with Crippen molar-refractivity contribution in [2.45, 2.75) is 26.9 Å². The second-order valence-corrected chi connectivity index (χ2v) is 4.60. The normalized spacial score (nSPS) is 10.7. The number of nitrogens with zero attached hydrogens (tertiary/aromatic N) is 2. The van der Waals surface area contributed by atoms with Crippen molar-refractivity contribution in [1.29, 1.82) is 0 Å². The highest BCUT2D eigenvalue weighted by atomic mass is 19.1. The molecule has 0 aliphatic heterocycles. The van der Waals surface area contributed by atoms with Crippen LogP contribution in [0.2, 0.25) is 0 Å². The molecule has 6 nitrogen and oxygen atoms in total. The number of ether oxygens (including phenoxy) is 2. The van der Waals surface area contributed by atoms with Crippen LogP contribution < -0.4 is 0 Å². The van der Waals surface area contributed by atoms with Gasteiger partial charge in [-0.25, -0.2) is 9.18 Å². The lowest BCUT2D eigenvalue weighted by Gasteiger charge is -2.06. The van der Waals surface area contributed by atoms with Crippen molar-refractivity contribution < 1.29 is 18.7 Å². The molecule has 0 aliphatic carbocycles. The Morgan fingerprint density at radius 1 is 1.32 bits per heavy atom. The van der Waals surface area contributed by atoms with E-state index in [0.717, 1.165) is 6.42 Å². The Hall–Kier alpha value is -2.28. The Bertz CT molecular complexity index is 643. The molecule has 0 amide bonds. The molecule has 2 aromatic rings. The summed E-state index contributed by atoms with van der Waals surface area (Å²) in [5.74, 6) is -1.01. The molecule has 0 fully saturated rings. The van der Waals surface area contributed by atoms with Crippen molar-refractivity contribution in [3.05, 3.63) is 35.3 Å². The number of rotatable bonds is 7. The molecule has 1 heterocycles. The maximum Gasteiger partial charge on any atom is 0.361 e. The standard InChI is InChI=1S/C15H18FN3O3/c1-3-7-21-9-11-6-5-10(8-12(11)16)13-14(18-19-17-13)15(20)22-4-2/h5-6,8H,3-4,7,9H2,1-2H3,(H,17,18,19). The molecule has 0 saturated heterocycles. The monoisotopic (exact) mass is 307 g/mol. The average Bonchev–Trinajstić information content (AvgIpc) is 2.99. The zero-order valence-corrected chi connectivity index (χ0v) is 12.6.